The number of aryl methyl sites for hydroxylation is 2. The summed E-state index contributed by atoms with van der Waals surface area (Å²) in [7, 11) is 0. The van der Waals surface area contributed by atoms with Crippen LogP contribution in [0.5, 0.6) is 5.75 Å². The topological polar surface area (TPSA) is 64.6 Å². The van der Waals surface area contributed by atoms with Crippen LogP contribution in [0.15, 0.2) is 18.2 Å². The van der Waals surface area contributed by atoms with Gasteiger partial charge in [-0.3, -0.25) is 4.79 Å². The summed E-state index contributed by atoms with van der Waals surface area (Å²) in [4.78, 5) is 27.0. The molecule has 1 aromatic heterocycles. The van der Waals surface area contributed by atoms with E-state index >= 15 is 0 Å². The highest BCUT2D eigenvalue weighted by Gasteiger charge is 2.31. The highest BCUT2D eigenvalue weighted by Crippen LogP contribution is 2.41. The molecule has 2 aromatic rings. The number of anilines is 1. The van der Waals surface area contributed by atoms with Gasteiger partial charge < -0.3 is 14.8 Å². The molecular formula is C25H33NO4S. The maximum Gasteiger partial charge on any atom is 0.341 e. The molecule has 1 amide bonds. The Kier molecular flexibility index (Phi) is 7.76. The van der Waals surface area contributed by atoms with Gasteiger partial charge in [-0.2, -0.15) is 0 Å². The Morgan fingerprint density at radius 2 is 1.97 bits per heavy atom. The third kappa shape index (κ3) is 5.29. The van der Waals surface area contributed by atoms with E-state index in [0.717, 1.165) is 36.8 Å². The number of ether oxygens (including phenoxy) is 2. The number of benzene rings is 1. The van der Waals surface area contributed by atoms with Crippen molar-refractivity contribution in [3.63, 3.8) is 0 Å². The van der Waals surface area contributed by atoms with Crippen LogP contribution in [0.4, 0.5) is 5.00 Å². The highest BCUT2D eigenvalue weighted by molar-refractivity contribution is 7.17. The van der Waals surface area contributed by atoms with Crippen LogP contribution < -0.4 is 10.1 Å². The van der Waals surface area contributed by atoms with Crippen LogP contribution in [0.2, 0.25) is 0 Å². The fourth-order valence-corrected chi connectivity index (χ4v) is 5.33. The van der Waals surface area contributed by atoms with Crippen molar-refractivity contribution in [3.8, 4) is 5.75 Å². The van der Waals surface area contributed by atoms with E-state index in [1.807, 2.05) is 39.0 Å². The maximum atomic E-state index is 13.1. The van der Waals surface area contributed by atoms with Gasteiger partial charge in [0.1, 0.15) is 10.8 Å². The van der Waals surface area contributed by atoms with Gasteiger partial charge in [0.15, 0.2) is 6.10 Å². The molecule has 6 heteroatoms. The van der Waals surface area contributed by atoms with Crippen molar-refractivity contribution in [2.24, 2.45) is 5.92 Å². The number of nitrogens with one attached hydrogen (secondary N) is 1. The summed E-state index contributed by atoms with van der Waals surface area (Å²) < 4.78 is 11.3. The second kappa shape index (κ2) is 10.3. The molecule has 2 atom stereocenters. The summed E-state index contributed by atoms with van der Waals surface area (Å²) in [5, 5.41) is 3.58. The molecule has 3 rings (SSSR count). The van der Waals surface area contributed by atoms with Crippen molar-refractivity contribution in [3.05, 3.63) is 45.3 Å². The minimum Gasteiger partial charge on any atom is -0.481 e. The molecule has 0 bridgehead atoms. The predicted molar refractivity (Wildman–Crippen MR) is 125 cm³/mol. The molecule has 0 saturated heterocycles. The summed E-state index contributed by atoms with van der Waals surface area (Å²) in [5.74, 6) is 0.707. The molecule has 1 N–H and O–H groups in total. The SMILES string of the molecule is CCOC(=O)c1c(NC(=O)[C@@H](CC)Oc2ccc(C)c(C)c2)sc2c1CC[C@@H](CC)C2. The maximum absolute atomic E-state index is 13.1. The van der Waals surface area contributed by atoms with Crippen molar-refractivity contribution in [2.45, 2.75) is 72.8 Å². The molecule has 0 unspecified atom stereocenters. The number of amides is 1. The first-order valence-electron chi connectivity index (χ1n) is 11.2. The number of thiophene rings is 1. The molecule has 31 heavy (non-hydrogen) atoms. The molecule has 0 saturated carbocycles. The smallest absolute Gasteiger partial charge is 0.341 e. The summed E-state index contributed by atoms with van der Waals surface area (Å²) in [6, 6.07) is 5.83. The van der Waals surface area contributed by atoms with Crippen LogP contribution in [0.1, 0.15) is 72.0 Å². The lowest BCUT2D eigenvalue weighted by atomic mass is 9.85. The standard InChI is InChI=1S/C25H33NO4S/c1-6-17-10-12-19-21(14-17)31-24(22(19)25(28)29-8-3)26-23(27)20(7-2)30-18-11-9-15(4)16(5)13-18/h9,11,13,17,20H,6-8,10,12,14H2,1-5H3,(H,26,27)/t17-,20-/m1/s1. The fraction of sp³-hybridized carbons (Fsp3) is 0.520. The van der Waals surface area contributed by atoms with Crippen molar-refractivity contribution >= 4 is 28.2 Å². The number of carbonyl (C=O) groups is 2. The zero-order valence-electron chi connectivity index (χ0n) is 19.2. The van der Waals surface area contributed by atoms with Crippen molar-refractivity contribution in [2.75, 3.05) is 11.9 Å². The Morgan fingerprint density at radius 3 is 2.61 bits per heavy atom. The van der Waals surface area contributed by atoms with Gasteiger partial charge >= 0.3 is 5.97 Å². The van der Waals surface area contributed by atoms with Crippen LogP contribution in [-0.4, -0.2) is 24.6 Å². The van der Waals surface area contributed by atoms with Gasteiger partial charge in [0, 0.05) is 4.88 Å². The normalized spacial score (nSPS) is 16.4. The zero-order valence-corrected chi connectivity index (χ0v) is 20.0. The molecule has 1 heterocycles. The molecule has 0 fully saturated rings. The first-order valence-corrected chi connectivity index (χ1v) is 12.1. The Morgan fingerprint density at radius 1 is 1.19 bits per heavy atom. The number of hydrogen-bond acceptors (Lipinski definition) is 5. The first-order chi connectivity index (χ1) is 14.9. The summed E-state index contributed by atoms with van der Waals surface area (Å²) in [6.07, 6.45) is 3.87. The van der Waals surface area contributed by atoms with Gasteiger partial charge in [-0.05, 0) is 81.2 Å². The van der Waals surface area contributed by atoms with Crippen LogP contribution in [-0.2, 0) is 22.4 Å². The van der Waals surface area contributed by atoms with E-state index in [1.54, 1.807) is 6.92 Å². The Labute approximate surface area is 189 Å². The fourth-order valence-electron chi connectivity index (χ4n) is 3.98. The van der Waals surface area contributed by atoms with Gasteiger partial charge in [0.2, 0.25) is 0 Å². The van der Waals surface area contributed by atoms with Crippen LogP contribution in [0.3, 0.4) is 0 Å². The summed E-state index contributed by atoms with van der Waals surface area (Å²) in [6.45, 7) is 10.3. The molecule has 5 nitrogen and oxygen atoms in total. The quantitative estimate of drug-likeness (QED) is 0.520. The number of esters is 1. The van der Waals surface area contributed by atoms with Crippen LogP contribution in [0.25, 0.3) is 0 Å². The van der Waals surface area contributed by atoms with E-state index in [1.165, 1.54) is 21.8 Å². The van der Waals surface area contributed by atoms with Gasteiger partial charge in [0.05, 0.1) is 12.2 Å². The second-order valence-electron chi connectivity index (χ2n) is 8.20. The Bertz CT molecular complexity index is 949. The van der Waals surface area contributed by atoms with Gasteiger partial charge in [-0.1, -0.05) is 26.3 Å². The molecular weight excluding hydrogens is 410 g/mol. The lowest BCUT2D eigenvalue weighted by Gasteiger charge is -2.21. The third-order valence-corrected chi connectivity index (χ3v) is 7.25. The Hall–Kier alpha value is -2.34. The van der Waals surface area contributed by atoms with Crippen molar-refractivity contribution < 1.29 is 19.1 Å². The number of carbonyl (C=O) groups excluding carboxylic acids is 2. The molecule has 0 spiro atoms. The molecule has 1 aromatic carbocycles. The number of fused-ring (bicyclic) bond motifs is 1. The first kappa shape index (κ1) is 23.3. The predicted octanol–water partition coefficient (Wildman–Crippen LogP) is 5.85. The van der Waals surface area contributed by atoms with E-state index in [2.05, 4.69) is 12.2 Å². The van der Waals surface area contributed by atoms with Gasteiger partial charge in [-0.15, -0.1) is 11.3 Å². The van der Waals surface area contributed by atoms with Crippen LogP contribution >= 0.6 is 11.3 Å². The van der Waals surface area contributed by atoms with Crippen molar-refractivity contribution in [1.29, 1.82) is 0 Å². The lowest BCUT2D eigenvalue weighted by molar-refractivity contribution is -0.122. The molecule has 1 aliphatic carbocycles. The molecule has 168 valence electrons. The monoisotopic (exact) mass is 443 g/mol. The number of hydrogen-bond donors (Lipinski definition) is 1. The summed E-state index contributed by atoms with van der Waals surface area (Å²) >= 11 is 1.51. The second-order valence-corrected chi connectivity index (χ2v) is 9.30. The molecule has 1 aliphatic rings. The number of rotatable bonds is 8. The third-order valence-electron chi connectivity index (χ3n) is 6.08. The van der Waals surface area contributed by atoms with Crippen molar-refractivity contribution in [1.82, 2.24) is 0 Å². The van der Waals surface area contributed by atoms with Crippen LogP contribution in [0, 0.1) is 19.8 Å². The van der Waals surface area contributed by atoms with E-state index < -0.39 is 6.10 Å². The van der Waals surface area contributed by atoms with Gasteiger partial charge in [-0.25, -0.2) is 4.79 Å². The zero-order chi connectivity index (χ0) is 22.5. The minimum absolute atomic E-state index is 0.239. The summed E-state index contributed by atoms with van der Waals surface area (Å²) in [5.41, 5.74) is 3.88. The lowest BCUT2D eigenvalue weighted by Crippen LogP contribution is -2.32. The average molecular weight is 444 g/mol. The van der Waals surface area contributed by atoms with E-state index in [-0.39, 0.29) is 11.9 Å². The molecule has 0 radical (unpaired) electrons. The van der Waals surface area contributed by atoms with E-state index in [4.69, 9.17) is 9.47 Å². The van der Waals surface area contributed by atoms with Gasteiger partial charge in [0.25, 0.3) is 5.91 Å². The highest BCUT2D eigenvalue weighted by atomic mass is 32.1. The average Bonchev–Trinajstić information content (AvgIpc) is 3.11. The largest absolute Gasteiger partial charge is 0.481 e. The molecule has 0 aliphatic heterocycles. The Balaban J connectivity index is 1.83. The minimum atomic E-state index is -0.639. The van der Waals surface area contributed by atoms with E-state index in [9.17, 15) is 9.59 Å². The van der Waals surface area contributed by atoms with E-state index in [0.29, 0.717) is 35.3 Å².